The number of halogens is 2. The van der Waals surface area contributed by atoms with Crippen molar-refractivity contribution in [2.75, 3.05) is 39.9 Å². The van der Waals surface area contributed by atoms with Crippen LogP contribution in [0.5, 0.6) is 0 Å². The number of hydrogen-bond donors (Lipinski definition) is 1. The summed E-state index contributed by atoms with van der Waals surface area (Å²) in [6.45, 7) is 5.62. The minimum atomic E-state index is -0.275. The van der Waals surface area contributed by atoms with Crippen molar-refractivity contribution in [3.8, 4) is 0 Å². The first-order valence-electron chi connectivity index (χ1n) is 7.55. The van der Waals surface area contributed by atoms with Crippen LogP contribution in [0.15, 0.2) is 18.2 Å². The summed E-state index contributed by atoms with van der Waals surface area (Å²) in [5.74, 6) is 0.387. The van der Waals surface area contributed by atoms with E-state index in [4.69, 9.17) is 16.3 Å². The van der Waals surface area contributed by atoms with Crippen molar-refractivity contribution < 1.29 is 9.13 Å². The molecule has 1 atom stereocenters. The Hall–Kier alpha value is -0.680. The molecular weight excluding hydrogens is 291 g/mol. The van der Waals surface area contributed by atoms with Crippen LogP contribution in [0.1, 0.15) is 18.4 Å². The summed E-state index contributed by atoms with van der Waals surface area (Å²) < 4.78 is 18.1. The molecule has 1 fully saturated rings. The number of nitrogens with one attached hydrogen (secondary N) is 1. The molecule has 0 saturated carbocycles. The van der Waals surface area contributed by atoms with Gasteiger partial charge in [-0.2, -0.15) is 0 Å². The number of ether oxygens (including phenoxy) is 1. The van der Waals surface area contributed by atoms with Gasteiger partial charge in [-0.1, -0.05) is 17.7 Å². The maximum absolute atomic E-state index is 13.1. The van der Waals surface area contributed by atoms with Crippen molar-refractivity contribution in [1.29, 1.82) is 0 Å². The number of hydrogen-bond acceptors (Lipinski definition) is 3. The van der Waals surface area contributed by atoms with Gasteiger partial charge in [0.2, 0.25) is 0 Å². The van der Waals surface area contributed by atoms with Crippen molar-refractivity contribution in [3.63, 3.8) is 0 Å². The summed E-state index contributed by atoms with van der Waals surface area (Å²) in [7, 11) is 1.72. The number of methoxy groups -OCH3 is 1. The molecule has 21 heavy (non-hydrogen) atoms. The lowest BCUT2D eigenvalue weighted by atomic mass is 9.97. The number of nitrogens with zero attached hydrogens (tertiary/aromatic N) is 1. The first-order chi connectivity index (χ1) is 10.2. The van der Waals surface area contributed by atoms with Gasteiger partial charge >= 0.3 is 0 Å². The third kappa shape index (κ3) is 5.55. The van der Waals surface area contributed by atoms with E-state index < -0.39 is 0 Å². The Labute approximate surface area is 131 Å². The van der Waals surface area contributed by atoms with Crippen LogP contribution in [0.3, 0.4) is 0 Å². The van der Waals surface area contributed by atoms with Crippen LogP contribution < -0.4 is 5.32 Å². The van der Waals surface area contributed by atoms with Gasteiger partial charge in [0.25, 0.3) is 0 Å². The fourth-order valence-electron chi connectivity index (χ4n) is 2.83. The highest BCUT2D eigenvalue weighted by molar-refractivity contribution is 6.31. The molecule has 1 aromatic rings. The minimum absolute atomic E-state index is 0.275. The SMILES string of the molecule is COCCNCC1CCCN(Cc2ccc(F)cc2Cl)C1. The number of rotatable bonds is 7. The van der Waals surface area contributed by atoms with Crippen LogP contribution in [0.2, 0.25) is 5.02 Å². The molecule has 1 unspecified atom stereocenters. The van der Waals surface area contributed by atoms with Gasteiger partial charge in [-0.15, -0.1) is 0 Å². The Morgan fingerprint density at radius 2 is 2.33 bits per heavy atom. The molecular formula is C16H24ClFN2O. The van der Waals surface area contributed by atoms with Gasteiger partial charge in [0.05, 0.1) is 6.61 Å². The van der Waals surface area contributed by atoms with Crippen LogP contribution in [-0.4, -0.2) is 44.8 Å². The maximum Gasteiger partial charge on any atom is 0.124 e. The first kappa shape index (κ1) is 16.7. The van der Waals surface area contributed by atoms with Crippen LogP contribution in [0.4, 0.5) is 4.39 Å². The lowest BCUT2D eigenvalue weighted by Gasteiger charge is -2.33. The predicted molar refractivity (Wildman–Crippen MR) is 84.2 cm³/mol. The van der Waals surface area contributed by atoms with E-state index in [1.165, 1.54) is 25.0 Å². The van der Waals surface area contributed by atoms with Crippen LogP contribution in [0, 0.1) is 11.7 Å². The molecule has 1 aliphatic heterocycles. The maximum atomic E-state index is 13.1. The second kappa shape index (κ2) is 8.69. The van der Waals surface area contributed by atoms with E-state index in [0.29, 0.717) is 10.9 Å². The first-order valence-corrected chi connectivity index (χ1v) is 7.92. The molecule has 1 saturated heterocycles. The molecule has 0 spiro atoms. The highest BCUT2D eigenvalue weighted by Crippen LogP contribution is 2.22. The molecule has 1 heterocycles. The van der Waals surface area contributed by atoms with E-state index in [-0.39, 0.29) is 5.82 Å². The zero-order chi connectivity index (χ0) is 15.1. The summed E-state index contributed by atoms with van der Waals surface area (Å²) in [6.07, 6.45) is 2.46. The van der Waals surface area contributed by atoms with Gasteiger partial charge in [0.15, 0.2) is 0 Å². The third-order valence-electron chi connectivity index (χ3n) is 3.93. The van der Waals surface area contributed by atoms with Gasteiger partial charge in [-0.3, -0.25) is 4.90 Å². The molecule has 0 aliphatic carbocycles. The van der Waals surface area contributed by atoms with E-state index in [1.807, 2.05) is 0 Å². The molecule has 0 aromatic heterocycles. The topological polar surface area (TPSA) is 24.5 Å². The highest BCUT2D eigenvalue weighted by Gasteiger charge is 2.20. The average Bonchev–Trinajstić information content (AvgIpc) is 2.47. The molecule has 1 N–H and O–H groups in total. The second-order valence-corrected chi connectivity index (χ2v) is 6.08. The van der Waals surface area contributed by atoms with Gasteiger partial charge < -0.3 is 10.1 Å². The summed E-state index contributed by atoms with van der Waals surface area (Å²) in [5, 5.41) is 3.96. The lowest BCUT2D eigenvalue weighted by molar-refractivity contribution is 0.159. The Bertz CT molecular complexity index is 444. The van der Waals surface area contributed by atoms with Crippen molar-refractivity contribution in [2.24, 2.45) is 5.92 Å². The molecule has 3 nitrogen and oxygen atoms in total. The van der Waals surface area contributed by atoms with Crippen molar-refractivity contribution >= 4 is 11.6 Å². The predicted octanol–water partition coefficient (Wildman–Crippen LogP) is 2.93. The fourth-order valence-corrected chi connectivity index (χ4v) is 3.06. The molecule has 0 bridgehead atoms. The van der Waals surface area contributed by atoms with Crippen LogP contribution in [0.25, 0.3) is 0 Å². The molecule has 1 aromatic carbocycles. The normalized spacial score (nSPS) is 19.9. The average molecular weight is 315 g/mol. The smallest absolute Gasteiger partial charge is 0.124 e. The summed E-state index contributed by atoms with van der Waals surface area (Å²) >= 11 is 6.11. The quantitative estimate of drug-likeness (QED) is 0.783. The number of benzene rings is 1. The lowest BCUT2D eigenvalue weighted by Crippen LogP contribution is -2.39. The van der Waals surface area contributed by atoms with Crippen LogP contribution >= 0.6 is 11.6 Å². The monoisotopic (exact) mass is 314 g/mol. The summed E-state index contributed by atoms with van der Waals surface area (Å²) in [6, 6.07) is 4.66. The van der Waals surface area contributed by atoms with Gasteiger partial charge in [0.1, 0.15) is 5.82 Å². The van der Waals surface area contributed by atoms with Gasteiger partial charge in [-0.05, 0) is 49.5 Å². The van der Waals surface area contributed by atoms with E-state index in [2.05, 4.69) is 10.2 Å². The molecule has 1 aliphatic rings. The van der Waals surface area contributed by atoms with Gasteiger partial charge in [0, 0.05) is 31.8 Å². The Kier molecular flexibility index (Phi) is 6.90. The van der Waals surface area contributed by atoms with E-state index in [0.717, 1.165) is 44.9 Å². The Balaban J connectivity index is 1.80. The molecule has 0 radical (unpaired) electrons. The zero-order valence-corrected chi connectivity index (χ0v) is 13.3. The molecule has 118 valence electrons. The van der Waals surface area contributed by atoms with Crippen molar-refractivity contribution in [1.82, 2.24) is 10.2 Å². The van der Waals surface area contributed by atoms with E-state index >= 15 is 0 Å². The Morgan fingerprint density at radius 3 is 3.10 bits per heavy atom. The van der Waals surface area contributed by atoms with Crippen molar-refractivity contribution in [3.05, 3.63) is 34.6 Å². The molecule has 5 heteroatoms. The molecule has 2 rings (SSSR count). The number of likely N-dealkylation sites (tertiary alicyclic amines) is 1. The minimum Gasteiger partial charge on any atom is -0.383 e. The number of piperidine rings is 1. The largest absolute Gasteiger partial charge is 0.383 e. The van der Waals surface area contributed by atoms with Gasteiger partial charge in [-0.25, -0.2) is 4.39 Å². The van der Waals surface area contributed by atoms with Crippen molar-refractivity contribution in [2.45, 2.75) is 19.4 Å². The van der Waals surface area contributed by atoms with E-state index in [1.54, 1.807) is 13.2 Å². The van der Waals surface area contributed by atoms with E-state index in [9.17, 15) is 4.39 Å². The third-order valence-corrected chi connectivity index (χ3v) is 4.28. The highest BCUT2D eigenvalue weighted by atomic mass is 35.5. The summed E-state index contributed by atoms with van der Waals surface area (Å²) in [5.41, 5.74) is 1.01. The Morgan fingerprint density at radius 1 is 1.48 bits per heavy atom. The standard InChI is InChI=1S/C16H24ClFN2O/c1-21-8-6-19-10-13-3-2-7-20(11-13)12-14-4-5-15(18)9-16(14)17/h4-5,9,13,19H,2-3,6-8,10-12H2,1H3. The van der Waals surface area contributed by atoms with Crippen LogP contribution in [-0.2, 0) is 11.3 Å². The summed E-state index contributed by atoms with van der Waals surface area (Å²) in [4.78, 5) is 2.41. The second-order valence-electron chi connectivity index (χ2n) is 5.68. The zero-order valence-electron chi connectivity index (χ0n) is 12.6. The molecule has 0 amide bonds. The fraction of sp³-hybridized carbons (Fsp3) is 0.625.